The third kappa shape index (κ3) is 5.10. The molecule has 0 saturated heterocycles. The van der Waals surface area contributed by atoms with Crippen molar-refractivity contribution in [3.05, 3.63) is 52.9 Å². The summed E-state index contributed by atoms with van der Waals surface area (Å²) in [6, 6.07) is 8.49. The number of nitrogens with one attached hydrogen (secondary N) is 2. The van der Waals surface area contributed by atoms with Crippen molar-refractivity contribution in [2.24, 2.45) is 0 Å². The minimum Gasteiger partial charge on any atom is -0.468 e. The molecule has 0 fully saturated rings. The van der Waals surface area contributed by atoms with E-state index in [2.05, 4.69) is 10.6 Å². The Kier molecular flexibility index (Phi) is 6.21. The second kappa shape index (κ2) is 8.15. The van der Waals surface area contributed by atoms with Crippen LogP contribution in [0.4, 0.5) is 5.69 Å². The van der Waals surface area contributed by atoms with E-state index in [-0.39, 0.29) is 31.0 Å². The molecule has 1 aromatic carbocycles. The quantitative estimate of drug-likeness (QED) is 0.725. The van der Waals surface area contributed by atoms with E-state index < -0.39 is 0 Å². The molecule has 0 aliphatic heterocycles. The van der Waals surface area contributed by atoms with Crippen LogP contribution in [0.25, 0.3) is 0 Å². The number of halogens is 1. The fraction of sp³-hybridized carbons (Fsp3) is 0.353. The molecule has 6 heteroatoms. The third-order valence-electron chi connectivity index (χ3n) is 3.50. The number of amides is 1. The van der Waals surface area contributed by atoms with Crippen LogP contribution in [0.1, 0.15) is 30.7 Å². The fourth-order valence-corrected chi connectivity index (χ4v) is 2.46. The molecular weight excluding hydrogens is 316 g/mol. The lowest BCUT2D eigenvalue weighted by atomic mass is 10.1. The van der Waals surface area contributed by atoms with Crippen LogP contribution in [-0.2, 0) is 4.79 Å². The van der Waals surface area contributed by atoms with E-state index in [9.17, 15) is 9.90 Å². The average molecular weight is 337 g/mol. The second-order valence-corrected chi connectivity index (χ2v) is 5.94. The Labute approximate surface area is 140 Å². The summed E-state index contributed by atoms with van der Waals surface area (Å²) in [5.74, 6) is 0.520. The van der Waals surface area contributed by atoms with Crippen LogP contribution in [-0.4, -0.2) is 23.7 Å². The number of aryl methyl sites for hydroxylation is 1. The minimum absolute atomic E-state index is 0.104. The van der Waals surface area contributed by atoms with Gasteiger partial charge in [-0.1, -0.05) is 17.7 Å². The van der Waals surface area contributed by atoms with Gasteiger partial charge in [0.25, 0.3) is 0 Å². The molecule has 23 heavy (non-hydrogen) atoms. The molecule has 2 atom stereocenters. The van der Waals surface area contributed by atoms with Crippen LogP contribution in [0.2, 0.25) is 5.02 Å². The van der Waals surface area contributed by atoms with Gasteiger partial charge < -0.3 is 20.2 Å². The summed E-state index contributed by atoms with van der Waals surface area (Å²) in [6.45, 7) is 3.68. The summed E-state index contributed by atoms with van der Waals surface area (Å²) in [5, 5.41) is 16.0. The molecule has 0 aliphatic carbocycles. The summed E-state index contributed by atoms with van der Waals surface area (Å²) in [7, 11) is 0. The van der Waals surface area contributed by atoms with Crippen molar-refractivity contribution < 1.29 is 14.3 Å². The lowest BCUT2D eigenvalue weighted by molar-refractivity contribution is -0.116. The van der Waals surface area contributed by atoms with Gasteiger partial charge in [0.2, 0.25) is 5.91 Å². The molecule has 0 bridgehead atoms. The first-order valence-electron chi connectivity index (χ1n) is 7.46. The molecule has 1 amide bonds. The molecule has 5 nitrogen and oxygen atoms in total. The molecule has 3 N–H and O–H groups in total. The zero-order valence-electron chi connectivity index (χ0n) is 13.2. The molecule has 2 unspecified atom stereocenters. The first kappa shape index (κ1) is 17.5. The van der Waals surface area contributed by atoms with Crippen LogP contribution >= 0.6 is 11.6 Å². The van der Waals surface area contributed by atoms with Gasteiger partial charge in [-0.05, 0) is 43.7 Å². The van der Waals surface area contributed by atoms with Gasteiger partial charge in [-0.25, -0.2) is 0 Å². The summed E-state index contributed by atoms with van der Waals surface area (Å²) >= 11 is 6.05. The highest BCUT2D eigenvalue weighted by Gasteiger charge is 2.18. The number of hydrogen-bond donors (Lipinski definition) is 3. The van der Waals surface area contributed by atoms with Gasteiger partial charge in [0, 0.05) is 23.2 Å². The molecule has 1 aromatic heterocycles. The highest BCUT2D eigenvalue weighted by Crippen LogP contribution is 2.20. The Morgan fingerprint density at radius 2 is 2.17 bits per heavy atom. The van der Waals surface area contributed by atoms with Gasteiger partial charge in [0.15, 0.2) is 0 Å². The Bertz CT molecular complexity index is 643. The molecule has 0 spiro atoms. The summed E-state index contributed by atoms with van der Waals surface area (Å²) < 4.78 is 5.27. The second-order valence-electron chi connectivity index (χ2n) is 5.53. The minimum atomic E-state index is -0.332. The summed E-state index contributed by atoms with van der Waals surface area (Å²) in [5.41, 5.74) is 1.63. The molecule has 0 saturated carbocycles. The van der Waals surface area contributed by atoms with Crippen molar-refractivity contribution in [2.75, 3.05) is 11.9 Å². The van der Waals surface area contributed by atoms with E-state index in [1.165, 1.54) is 0 Å². The van der Waals surface area contributed by atoms with Crippen LogP contribution in [0, 0.1) is 6.92 Å². The standard InChI is InChI=1S/C17H21ClN2O3/c1-11-5-6-13(9-14(11)18)20-17(22)8-12(2)19-15(10-21)16-4-3-7-23-16/h3-7,9,12,15,19,21H,8,10H2,1-2H3,(H,20,22). The maximum Gasteiger partial charge on any atom is 0.225 e. The van der Waals surface area contributed by atoms with Gasteiger partial charge in [-0.2, -0.15) is 0 Å². The Morgan fingerprint density at radius 3 is 2.78 bits per heavy atom. The molecule has 0 aliphatic rings. The lowest BCUT2D eigenvalue weighted by Crippen LogP contribution is -2.35. The van der Waals surface area contributed by atoms with Crippen molar-refractivity contribution in [3.8, 4) is 0 Å². The van der Waals surface area contributed by atoms with Crippen LogP contribution in [0.5, 0.6) is 0 Å². The smallest absolute Gasteiger partial charge is 0.225 e. The average Bonchev–Trinajstić information content (AvgIpc) is 3.02. The van der Waals surface area contributed by atoms with Gasteiger partial charge in [-0.15, -0.1) is 0 Å². The topological polar surface area (TPSA) is 74.5 Å². The zero-order chi connectivity index (χ0) is 16.8. The van der Waals surface area contributed by atoms with Crippen LogP contribution < -0.4 is 10.6 Å². The van der Waals surface area contributed by atoms with E-state index in [1.807, 2.05) is 26.0 Å². The predicted octanol–water partition coefficient (Wildman–Crippen LogP) is 3.28. The maximum absolute atomic E-state index is 12.1. The predicted molar refractivity (Wildman–Crippen MR) is 90.6 cm³/mol. The normalized spacial score (nSPS) is 13.6. The molecule has 124 valence electrons. The molecule has 1 heterocycles. The number of rotatable bonds is 7. The SMILES string of the molecule is Cc1ccc(NC(=O)CC(C)NC(CO)c2ccco2)cc1Cl. The monoisotopic (exact) mass is 336 g/mol. The van der Waals surface area contributed by atoms with E-state index in [0.29, 0.717) is 16.5 Å². The van der Waals surface area contributed by atoms with Gasteiger partial charge in [-0.3, -0.25) is 4.79 Å². The number of carbonyl (C=O) groups excluding carboxylic acids is 1. The van der Waals surface area contributed by atoms with Crippen molar-refractivity contribution >= 4 is 23.2 Å². The van der Waals surface area contributed by atoms with Crippen molar-refractivity contribution in [3.63, 3.8) is 0 Å². The van der Waals surface area contributed by atoms with Crippen molar-refractivity contribution in [1.82, 2.24) is 5.32 Å². The number of carbonyl (C=O) groups is 1. The third-order valence-corrected chi connectivity index (χ3v) is 3.91. The van der Waals surface area contributed by atoms with Crippen LogP contribution in [0.3, 0.4) is 0 Å². The highest BCUT2D eigenvalue weighted by molar-refractivity contribution is 6.31. The summed E-state index contributed by atoms with van der Waals surface area (Å²) in [6.07, 6.45) is 1.82. The highest BCUT2D eigenvalue weighted by atomic mass is 35.5. The van der Waals surface area contributed by atoms with Gasteiger partial charge >= 0.3 is 0 Å². The number of anilines is 1. The van der Waals surface area contributed by atoms with Gasteiger partial charge in [0.1, 0.15) is 5.76 Å². The first-order chi connectivity index (χ1) is 11.0. The largest absolute Gasteiger partial charge is 0.468 e. The number of aliphatic hydroxyl groups excluding tert-OH is 1. The molecule has 2 aromatic rings. The Hall–Kier alpha value is -1.82. The van der Waals surface area contributed by atoms with Crippen molar-refractivity contribution in [1.29, 1.82) is 0 Å². The number of furan rings is 1. The summed E-state index contributed by atoms with van der Waals surface area (Å²) in [4.78, 5) is 12.1. The lowest BCUT2D eigenvalue weighted by Gasteiger charge is -2.20. The molecule has 2 rings (SSSR count). The van der Waals surface area contributed by atoms with Gasteiger partial charge in [0.05, 0.1) is 18.9 Å². The Balaban J connectivity index is 1.87. The Morgan fingerprint density at radius 1 is 1.39 bits per heavy atom. The number of aliphatic hydroxyl groups is 1. The first-order valence-corrected chi connectivity index (χ1v) is 7.83. The molecular formula is C17H21ClN2O3. The van der Waals surface area contributed by atoms with E-state index >= 15 is 0 Å². The molecule has 0 radical (unpaired) electrons. The van der Waals surface area contributed by atoms with Crippen LogP contribution in [0.15, 0.2) is 41.0 Å². The van der Waals surface area contributed by atoms with E-state index in [1.54, 1.807) is 24.5 Å². The fourth-order valence-electron chi connectivity index (χ4n) is 2.28. The maximum atomic E-state index is 12.1. The number of hydrogen-bond acceptors (Lipinski definition) is 4. The number of benzene rings is 1. The van der Waals surface area contributed by atoms with Crippen molar-refractivity contribution in [2.45, 2.75) is 32.4 Å². The van der Waals surface area contributed by atoms with E-state index in [4.69, 9.17) is 16.0 Å². The zero-order valence-corrected chi connectivity index (χ0v) is 13.9. The van der Waals surface area contributed by atoms with E-state index in [0.717, 1.165) is 5.56 Å².